The lowest BCUT2D eigenvalue weighted by molar-refractivity contribution is -0.136. The Morgan fingerprint density at radius 2 is 0.937 bits per heavy atom. The van der Waals surface area contributed by atoms with E-state index in [9.17, 15) is 14.4 Å². The first-order valence-electron chi connectivity index (χ1n) is 24.5. The van der Waals surface area contributed by atoms with Gasteiger partial charge in [-0.1, -0.05) is 104 Å². The van der Waals surface area contributed by atoms with E-state index in [0.717, 1.165) is 91.2 Å². The molecular formula is C56H78O7. The lowest BCUT2D eigenvalue weighted by Crippen LogP contribution is -2.26. The lowest BCUT2D eigenvalue weighted by atomic mass is 9.74. The quantitative estimate of drug-likeness (QED) is 0.102. The highest BCUT2D eigenvalue weighted by atomic mass is 16.7. The molecule has 2 unspecified atom stereocenters. The van der Waals surface area contributed by atoms with Gasteiger partial charge in [0.05, 0.1) is 6.42 Å². The summed E-state index contributed by atoms with van der Waals surface area (Å²) in [6.45, 7) is 22.1. The smallest absolute Gasteiger partial charge is 0.428 e. The van der Waals surface area contributed by atoms with Crippen molar-refractivity contribution in [1.82, 2.24) is 0 Å². The third-order valence-electron chi connectivity index (χ3n) is 13.9. The molecule has 3 fully saturated rings. The van der Waals surface area contributed by atoms with E-state index in [-0.39, 0.29) is 29.2 Å². The van der Waals surface area contributed by atoms with Gasteiger partial charge in [0.1, 0.15) is 22.8 Å². The predicted octanol–water partition coefficient (Wildman–Crippen LogP) is 15.7. The van der Waals surface area contributed by atoms with E-state index in [4.69, 9.17) is 18.9 Å². The van der Waals surface area contributed by atoms with Crippen molar-refractivity contribution in [3.63, 3.8) is 0 Å². The molecule has 0 heterocycles. The summed E-state index contributed by atoms with van der Waals surface area (Å²) in [4.78, 5) is 39.2. The molecular weight excluding hydrogens is 785 g/mol. The number of rotatable bonds is 12. The molecule has 3 saturated carbocycles. The number of esters is 2. The Balaban J connectivity index is 1.50. The molecule has 63 heavy (non-hydrogen) atoms. The number of aryl methyl sites for hydroxylation is 3. The second-order valence-corrected chi connectivity index (χ2v) is 21.8. The fraction of sp³-hybridized carbons (Fsp3) is 0.625. The van der Waals surface area contributed by atoms with Crippen LogP contribution < -0.4 is 14.2 Å². The van der Waals surface area contributed by atoms with E-state index >= 15 is 0 Å². The molecule has 7 nitrogen and oxygen atoms in total. The fourth-order valence-electron chi connectivity index (χ4n) is 10.9. The Labute approximate surface area is 379 Å². The molecule has 3 aliphatic carbocycles. The minimum atomic E-state index is -0.668. The van der Waals surface area contributed by atoms with Gasteiger partial charge in [-0.15, -0.1) is 0 Å². The Bertz CT molecular complexity index is 2080. The van der Waals surface area contributed by atoms with Crippen molar-refractivity contribution in [2.45, 2.75) is 221 Å². The van der Waals surface area contributed by atoms with Crippen LogP contribution in [0, 0.1) is 26.2 Å². The van der Waals surface area contributed by atoms with Gasteiger partial charge in [0.2, 0.25) is 0 Å². The van der Waals surface area contributed by atoms with Gasteiger partial charge in [0.25, 0.3) is 0 Å². The SMILES string of the molecule is CC(=O)Oc1cc(C)c(C(CC(C)c2cc(C3CCCCC3)c(OC(=O)OC(C)(C)C)cc2C)c2cc(C3CCCCC3)c(OC(=O)CC(C)(C)C)cc2C)cc1C1CCCCC1. The maximum absolute atomic E-state index is 13.5. The first kappa shape index (κ1) is 48.3. The van der Waals surface area contributed by atoms with Gasteiger partial charge >= 0.3 is 18.1 Å². The van der Waals surface area contributed by atoms with Gasteiger partial charge < -0.3 is 18.9 Å². The van der Waals surface area contributed by atoms with Crippen LogP contribution in [0.4, 0.5) is 4.79 Å². The Kier molecular flexibility index (Phi) is 16.0. The molecule has 0 aromatic heterocycles. The number of carbonyl (C=O) groups excluding carboxylic acids is 3. The fourth-order valence-corrected chi connectivity index (χ4v) is 10.9. The summed E-state index contributed by atoms with van der Waals surface area (Å²) >= 11 is 0. The maximum Gasteiger partial charge on any atom is 0.514 e. The second kappa shape index (κ2) is 20.8. The molecule has 7 heteroatoms. The van der Waals surface area contributed by atoms with Gasteiger partial charge in [-0.2, -0.15) is 0 Å². The van der Waals surface area contributed by atoms with Crippen molar-refractivity contribution in [3.05, 3.63) is 86.5 Å². The largest absolute Gasteiger partial charge is 0.514 e. The molecule has 0 radical (unpaired) electrons. The summed E-state index contributed by atoms with van der Waals surface area (Å²) in [6, 6.07) is 13.5. The molecule has 2 atom stereocenters. The molecule has 0 N–H and O–H groups in total. The summed E-state index contributed by atoms with van der Waals surface area (Å²) in [5.74, 6) is 2.60. The summed E-state index contributed by atoms with van der Waals surface area (Å²) in [5, 5.41) is 0. The Morgan fingerprint density at radius 1 is 0.556 bits per heavy atom. The van der Waals surface area contributed by atoms with E-state index in [0.29, 0.717) is 41.4 Å². The highest BCUT2D eigenvalue weighted by Crippen LogP contribution is 2.48. The third kappa shape index (κ3) is 13.0. The van der Waals surface area contributed by atoms with Gasteiger partial charge in [0, 0.05) is 12.8 Å². The van der Waals surface area contributed by atoms with Crippen molar-refractivity contribution in [3.8, 4) is 17.2 Å². The topological polar surface area (TPSA) is 88.1 Å². The van der Waals surface area contributed by atoms with Gasteiger partial charge in [0.15, 0.2) is 0 Å². The van der Waals surface area contributed by atoms with Crippen molar-refractivity contribution in [2.75, 3.05) is 0 Å². The number of hydrogen-bond acceptors (Lipinski definition) is 7. The lowest BCUT2D eigenvalue weighted by Gasteiger charge is -2.32. The molecule has 3 aromatic rings. The molecule has 0 spiro atoms. The summed E-state index contributed by atoms with van der Waals surface area (Å²) < 4.78 is 24.0. The highest BCUT2D eigenvalue weighted by molar-refractivity contribution is 5.74. The van der Waals surface area contributed by atoms with Crippen molar-refractivity contribution < 1.29 is 33.3 Å². The van der Waals surface area contributed by atoms with Gasteiger partial charge in [-0.3, -0.25) is 9.59 Å². The second-order valence-electron chi connectivity index (χ2n) is 21.8. The molecule has 3 aromatic carbocycles. The molecule has 0 bridgehead atoms. The Hall–Kier alpha value is -4.13. The van der Waals surface area contributed by atoms with Crippen LogP contribution in [-0.4, -0.2) is 23.7 Å². The van der Waals surface area contributed by atoms with Crippen molar-refractivity contribution in [2.24, 2.45) is 5.41 Å². The zero-order valence-corrected chi connectivity index (χ0v) is 40.7. The van der Waals surface area contributed by atoms with E-state index in [2.05, 4.69) is 84.9 Å². The molecule has 344 valence electrons. The molecule has 0 saturated heterocycles. The van der Waals surface area contributed by atoms with Crippen LogP contribution in [-0.2, 0) is 14.3 Å². The highest BCUT2D eigenvalue weighted by Gasteiger charge is 2.32. The van der Waals surface area contributed by atoms with E-state index in [1.807, 2.05) is 20.8 Å². The zero-order chi connectivity index (χ0) is 45.6. The molecule has 0 amide bonds. The maximum atomic E-state index is 13.5. The normalized spacial score (nSPS) is 18.1. The van der Waals surface area contributed by atoms with Crippen LogP contribution in [0.15, 0.2) is 36.4 Å². The Morgan fingerprint density at radius 3 is 1.33 bits per heavy atom. The van der Waals surface area contributed by atoms with Gasteiger partial charge in [-0.25, -0.2) is 4.79 Å². The standard InChI is InChI=1S/C56H78O7/c1-35(43-31-46(40-21-15-12-16-22-40)52(28-36(43)2)62-54(59)63-56(9,10)11)27-49(44-32-47(41-23-17-13-18-24-41)50(29-37(44)3)60-39(5)57)45-33-48(42-25-19-14-20-26-42)51(30-38(45)4)61-53(58)34-55(6,7)8/h28-33,35,40-42,49H,12-27,34H2,1-11H3. The minimum Gasteiger partial charge on any atom is -0.428 e. The molecule has 3 aliphatic rings. The van der Waals surface area contributed by atoms with Crippen LogP contribution in [0.5, 0.6) is 17.2 Å². The average Bonchev–Trinajstić information content (AvgIpc) is 3.20. The van der Waals surface area contributed by atoms with Crippen LogP contribution >= 0.6 is 0 Å². The summed E-state index contributed by atoms with van der Waals surface area (Å²) in [7, 11) is 0. The van der Waals surface area contributed by atoms with Crippen LogP contribution in [0.25, 0.3) is 0 Å². The van der Waals surface area contributed by atoms with E-state index in [1.165, 1.54) is 68.6 Å². The first-order chi connectivity index (χ1) is 29.8. The summed E-state index contributed by atoms with van der Waals surface area (Å²) in [6.07, 6.45) is 17.6. The third-order valence-corrected chi connectivity index (χ3v) is 13.9. The van der Waals surface area contributed by atoms with Crippen LogP contribution in [0.2, 0.25) is 0 Å². The van der Waals surface area contributed by atoms with E-state index in [1.54, 1.807) is 0 Å². The van der Waals surface area contributed by atoms with Crippen molar-refractivity contribution >= 4 is 18.1 Å². The molecule has 6 rings (SSSR count). The van der Waals surface area contributed by atoms with Gasteiger partial charge in [-0.05, 0) is 184 Å². The number of ether oxygens (including phenoxy) is 4. The monoisotopic (exact) mass is 863 g/mol. The number of benzene rings is 3. The molecule has 0 aliphatic heterocycles. The predicted molar refractivity (Wildman–Crippen MR) is 254 cm³/mol. The average molecular weight is 863 g/mol. The first-order valence-corrected chi connectivity index (χ1v) is 24.5. The number of carbonyl (C=O) groups is 3. The van der Waals surface area contributed by atoms with Crippen LogP contribution in [0.1, 0.15) is 244 Å². The summed E-state index contributed by atoms with van der Waals surface area (Å²) in [5.41, 5.74) is 9.61. The van der Waals surface area contributed by atoms with Crippen molar-refractivity contribution in [1.29, 1.82) is 0 Å². The van der Waals surface area contributed by atoms with Crippen LogP contribution in [0.3, 0.4) is 0 Å². The zero-order valence-electron chi connectivity index (χ0n) is 40.7. The van der Waals surface area contributed by atoms with E-state index < -0.39 is 11.8 Å². The minimum absolute atomic E-state index is 0.00870. The number of hydrogen-bond donors (Lipinski definition) is 0.